The third-order valence-electron chi connectivity index (χ3n) is 0.949. The molecular weight excluding hydrogens is 258 g/mol. The standard InChI is InChI=1S/3C3H8N.CH3.Mo/c3*1-3-4-2;;/h3*3H2,1-2H3;1H3;/q4*-1;+4. The Balaban J connectivity index is -0.0000000270. The SMILES string of the molecule is CC[N-]C.CC[N-]C.CC[N-]C.[CH3-].[Mo+4]. The van der Waals surface area contributed by atoms with Crippen molar-refractivity contribution in [1.82, 2.24) is 0 Å². The molecule has 0 radical (unpaired) electrons. The van der Waals surface area contributed by atoms with E-state index >= 15 is 0 Å². The monoisotopic (exact) mass is 287 g/mol. The van der Waals surface area contributed by atoms with E-state index in [4.69, 9.17) is 0 Å². The molecule has 88 valence electrons. The van der Waals surface area contributed by atoms with Crippen LogP contribution in [0.15, 0.2) is 0 Å². The Morgan fingerprint density at radius 1 is 0.643 bits per heavy atom. The van der Waals surface area contributed by atoms with Gasteiger partial charge in [0.25, 0.3) is 0 Å². The zero-order valence-electron chi connectivity index (χ0n) is 10.9. The van der Waals surface area contributed by atoms with Gasteiger partial charge in [-0.25, -0.2) is 0 Å². The van der Waals surface area contributed by atoms with Gasteiger partial charge < -0.3 is 23.4 Å². The van der Waals surface area contributed by atoms with Gasteiger partial charge in [-0.1, -0.05) is 20.8 Å². The van der Waals surface area contributed by atoms with Crippen LogP contribution >= 0.6 is 0 Å². The Kier molecular flexibility index (Phi) is 104. The molecule has 14 heavy (non-hydrogen) atoms. The van der Waals surface area contributed by atoms with Crippen LogP contribution in [0, 0.1) is 7.43 Å². The molecule has 4 heteroatoms. The van der Waals surface area contributed by atoms with Crippen molar-refractivity contribution in [3.05, 3.63) is 23.4 Å². The molecule has 0 aromatic rings. The van der Waals surface area contributed by atoms with Crippen molar-refractivity contribution in [2.45, 2.75) is 20.8 Å². The summed E-state index contributed by atoms with van der Waals surface area (Å²) in [6, 6.07) is 0. The van der Waals surface area contributed by atoms with E-state index in [-0.39, 0.29) is 28.5 Å². The van der Waals surface area contributed by atoms with Crippen molar-refractivity contribution in [2.24, 2.45) is 0 Å². The number of nitrogens with zero attached hydrogens (tertiary/aromatic N) is 3. The zero-order valence-corrected chi connectivity index (χ0v) is 12.9. The Morgan fingerprint density at radius 3 is 0.714 bits per heavy atom. The van der Waals surface area contributed by atoms with Gasteiger partial charge in [0.2, 0.25) is 0 Å². The van der Waals surface area contributed by atoms with Gasteiger partial charge >= 0.3 is 21.1 Å². The molecule has 0 spiro atoms. The van der Waals surface area contributed by atoms with E-state index in [1.165, 1.54) is 0 Å². The van der Waals surface area contributed by atoms with Crippen molar-refractivity contribution >= 4 is 0 Å². The summed E-state index contributed by atoms with van der Waals surface area (Å²) in [7, 11) is 5.42. The van der Waals surface area contributed by atoms with Gasteiger partial charge in [-0.15, -0.1) is 0 Å². The largest absolute Gasteiger partial charge is 4.00 e. The predicted octanol–water partition coefficient (Wildman–Crippen LogP) is 3.48. The van der Waals surface area contributed by atoms with Crippen molar-refractivity contribution in [1.29, 1.82) is 0 Å². The van der Waals surface area contributed by atoms with Crippen LogP contribution in [0.1, 0.15) is 20.8 Å². The first kappa shape index (κ1) is 29.3. The first-order valence-corrected chi connectivity index (χ1v) is 4.41. The second-order valence-electron chi connectivity index (χ2n) is 1.90. The van der Waals surface area contributed by atoms with Crippen LogP contribution in [0.3, 0.4) is 0 Å². The Bertz CT molecular complexity index is 30.8. The van der Waals surface area contributed by atoms with Gasteiger partial charge in [-0.2, -0.15) is 40.8 Å². The molecule has 0 saturated carbocycles. The second-order valence-corrected chi connectivity index (χ2v) is 1.90. The Morgan fingerprint density at radius 2 is 0.714 bits per heavy atom. The van der Waals surface area contributed by atoms with Gasteiger partial charge in [0.1, 0.15) is 0 Å². The summed E-state index contributed by atoms with van der Waals surface area (Å²) in [5, 5.41) is 11.2. The minimum Gasteiger partial charge on any atom is -0.665 e. The van der Waals surface area contributed by atoms with Crippen LogP contribution in [-0.2, 0) is 21.1 Å². The van der Waals surface area contributed by atoms with Gasteiger partial charge in [-0.3, -0.25) is 0 Å². The average molecular weight is 285 g/mol. The molecule has 0 amide bonds. The number of hydrogen-bond donors (Lipinski definition) is 0. The maximum atomic E-state index is 3.74. The molecule has 0 bridgehead atoms. The maximum absolute atomic E-state index is 3.74. The smallest absolute Gasteiger partial charge is 0.665 e. The minimum absolute atomic E-state index is 0. The van der Waals surface area contributed by atoms with E-state index < -0.39 is 0 Å². The molecule has 0 rings (SSSR count). The zero-order chi connectivity index (χ0) is 10.2. The Hall–Kier alpha value is 0.568. The average Bonchev–Trinajstić information content (AvgIpc) is 2.18. The Labute approximate surface area is 106 Å². The summed E-state index contributed by atoms with van der Waals surface area (Å²) >= 11 is 0. The van der Waals surface area contributed by atoms with Crippen LogP contribution in [0.4, 0.5) is 0 Å². The van der Waals surface area contributed by atoms with Gasteiger partial charge in [0.15, 0.2) is 0 Å². The summed E-state index contributed by atoms with van der Waals surface area (Å²) in [6.45, 7) is 8.88. The van der Waals surface area contributed by atoms with E-state index in [1.54, 1.807) is 21.1 Å². The molecule has 0 fully saturated rings. The van der Waals surface area contributed by atoms with E-state index in [9.17, 15) is 0 Å². The molecule has 0 saturated heterocycles. The normalized spacial score (nSPS) is 6.43. The van der Waals surface area contributed by atoms with E-state index in [0.717, 1.165) is 19.6 Å². The third kappa shape index (κ3) is 132. The number of hydrogen-bond acceptors (Lipinski definition) is 0. The predicted molar refractivity (Wildman–Crippen MR) is 65.9 cm³/mol. The third-order valence-corrected chi connectivity index (χ3v) is 0.949. The summed E-state index contributed by atoms with van der Waals surface area (Å²) in [5.74, 6) is 0. The van der Waals surface area contributed by atoms with Gasteiger partial charge in [-0.05, 0) is 0 Å². The summed E-state index contributed by atoms with van der Waals surface area (Å²) < 4.78 is 0. The fourth-order valence-corrected chi connectivity index (χ4v) is 0. The second kappa shape index (κ2) is 49.7. The number of rotatable bonds is 3. The molecule has 0 N–H and O–H groups in total. The molecule has 0 aliphatic heterocycles. The molecule has 0 aromatic carbocycles. The van der Waals surface area contributed by atoms with Crippen LogP contribution in [-0.4, -0.2) is 40.8 Å². The first-order valence-electron chi connectivity index (χ1n) is 4.41. The van der Waals surface area contributed by atoms with Crippen LogP contribution < -0.4 is 0 Å². The molecule has 0 atom stereocenters. The van der Waals surface area contributed by atoms with E-state index in [2.05, 4.69) is 16.0 Å². The first-order chi connectivity index (χ1) is 5.74. The van der Waals surface area contributed by atoms with Crippen LogP contribution in [0.5, 0.6) is 0 Å². The maximum Gasteiger partial charge on any atom is 4.00 e. The van der Waals surface area contributed by atoms with Crippen molar-refractivity contribution < 1.29 is 21.1 Å². The summed E-state index contributed by atoms with van der Waals surface area (Å²) in [6.07, 6.45) is 0. The van der Waals surface area contributed by atoms with Crippen molar-refractivity contribution in [3.63, 3.8) is 0 Å². The molecule has 0 aliphatic rings. The summed E-state index contributed by atoms with van der Waals surface area (Å²) in [5.41, 5.74) is 0. The minimum atomic E-state index is 0. The van der Waals surface area contributed by atoms with E-state index in [1.807, 2.05) is 20.8 Å². The topological polar surface area (TPSA) is 42.3 Å². The molecule has 0 heterocycles. The van der Waals surface area contributed by atoms with Gasteiger partial charge in [0.05, 0.1) is 0 Å². The molecule has 3 nitrogen and oxygen atoms in total. The quantitative estimate of drug-likeness (QED) is 0.563. The van der Waals surface area contributed by atoms with Crippen molar-refractivity contribution in [2.75, 3.05) is 40.8 Å². The molecule has 0 aromatic heterocycles. The van der Waals surface area contributed by atoms with Crippen LogP contribution in [0.25, 0.3) is 16.0 Å². The molecule has 0 aliphatic carbocycles. The molecule has 0 unspecified atom stereocenters. The molecular formula is C10H27MoN3. The fourth-order valence-electron chi connectivity index (χ4n) is 0. The summed E-state index contributed by atoms with van der Waals surface area (Å²) in [4.78, 5) is 0. The van der Waals surface area contributed by atoms with Gasteiger partial charge in [0, 0.05) is 0 Å². The van der Waals surface area contributed by atoms with Crippen molar-refractivity contribution in [3.8, 4) is 0 Å². The van der Waals surface area contributed by atoms with E-state index in [0.29, 0.717) is 0 Å². The van der Waals surface area contributed by atoms with Crippen LogP contribution in [0.2, 0.25) is 0 Å². The fraction of sp³-hybridized carbons (Fsp3) is 0.900.